The van der Waals surface area contributed by atoms with Gasteiger partial charge in [0, 0.05) is 13.1 Å². The van der Waals surface area contributed by atoms with Crippen molar-refractivity contribution in [3.63, 3.8) is 0 Å². The first-order valence-electron chi connectivity index (χ1n) is 9.42. The summed E-state index contributed by atoms with van der Waals surface area (Å²) < 4.78 is 58.0. The molecule has 0 aromatic heterocycles. The van der Waals surface area contributed by atoms with Gasteiger partial charge in [-0.15, -0.1) is 0 Å². The lowest BCUT2D eigenvalue weighted by Crippen LogP contribution is -2.41. The lowest BCUT2D eigenvalue weighted by Gasteiger charge is -2.31. The highest BCUT2D eigenvalue weighted by molar-refractivity contribution is 5.96. The van der Waals surface area contributed by atoms with E-state index >= 15 is 0 Å². The summed E-state index contributed by atoms with van der Waals surface area (Å²) in [5.74, 6) is -1.97. The summed E-state index contributed by atoms with van der Waals surface area (Å²) in [4.78, 5) is 25.8. The van der Waals surface area contributed by atoms with Gasteiger partial charge in [-0.05, 0) is 49.8 Å². The zero-order valence-electron chi connectivity index (χ0n) is 16.0. The van der Waals surface area contributed by atoms with Crippen molar-refractivity contribution in [1.82, 2.24) is 4.90 Å². The molecular weight excluding hydrogens is 378 g/mol. The quantitative estimate of drug-likeness (QED) is 0.394. The molecule has 4 nitrogen and oxygen atoms in total. The van der Waals surface area contributed by atoms with Crippen LogP contribution in [0.5, 0.6) is 0 Å². The number of amides is 1. The van der Waals surface area contributed by atoms with Crippen molar-refractivity contribution in [2.45, 2.75) is 45.7 Å². The molecule has 0 saturated carbocycles. The van der Waals surface area contributed by atoms with E-state index in [1.165, 1.54) is 4.90 Å². The van der Waals surface area contributed by atoms with Crippen LogP contribution in [0.2, 0.25) is 0 Å². The molecule has 1 aliphatic rings. The van der Waals surface area contributed by atoms with Crippen LogP contribution in [0.25, 0.3) is 0 Å². The number of carbonyl (C=O) groups excluding carboxylic acids is 2. The fourth-order valence-corrected chi connectivity index (χ4v) is 3.21. The Bertz CT molecular complexity index is 695. The highest BCUT2D eigenvalue weighted by Crippen LogP contribution is 2.33. The average Bonchev–Trinajstić information content (AvgIpc) is 2.63. The highest BCUT2D eigenvalue weighted by atomic mass is 19.4. The Morgan fingerprint density at radius 3 is 2.43 bits per heavy atom. The molecule has 1 fully saturated rings. The zero-order chi connectivity index (χ0) is 20.9. The van der Waals surface area contributed by atoms with Gasteiger partial charge in [0.2, 0.25) is 0 Å². The van der Waals surface area contributed by atoms with Gasteiger partial charge in [0.1, 0.15) is 5.82 Å². The first-order chi connectivity index (χ1) is 13.1. The van der Waals surface area contributed by atoms with Crippen molar-refractivity contribution in [3.8, 4) is 0 Å². The van der Waals surface area contributed by atoms with Crippen molar-refractivity contribution in [1.29, 1.82) is 0 Å². The Morgan fingerprint density at radius 1 is 1.21 bits per heavy atom. The highest BCUT2D eigenvalue weighted by Gasteiger charge is 2.37. The Balaban J connectivity index is 1.94. The smallest absolute Gasteiger partial charge is 0.417 e. The minimum Gasteiger partial charge on any atom is -0.465 e. The van der Waals surface area contributed by atoms with Gasteiger partial charge in [-0.2, -0.15) is 13.2 Å². The van der Waals surface area contributed by atoms with E-state index in [4.69, 9.17) is 4.74 Å². The third-order valence-corrected chi connectivity index (χ3v) is 4.80. The number of hydrogen-bond donors (Lipinski definition) is 0. The minimum absolute atomic E-state index is 0.123. The van der Waals surface area contributed by atoms with Gasteiger partial charge in [0.15, 0.2) is 0 Å². The van der Waals surface area contributed by atoms with Crippen molar-refractivity contribution >= 4 is 11.9 Å². The normalized spacial score (nSPS) is 15.8. The van der Waals surface area contributed by atoms with E-state index in [0.29, 0.717) is 43.6 Å². The second kappa shape index (κ2) is 9.39. The van der Waals surface area contributed by atoms with Crippen LogP contribution in [0.15, 0.2) is 18.2 Å². The van der Waals surface area contributed by atoms with Gasteiger partial charge in [-0.1, -0.05) is 13.8 Å². The fourth-order valence-electron chi connectivity index (χ4n) is 3.21. The van der Waals surface area contributed by atoms with Gasteiger partial charge in [0.05, 0.1) is 23.7 Å². The van der Waals surface area contributed by atoms with Crippen LogP contribution in [-0.2, 0) is 15.7 Å². The van der Waals surface area contributed by atoms with Crippen molar-refractivity contribution in [2.24, 2.45) is 11.8 Å². The van der Waals surface area contributed by atoms with Gasteiger partial charge in [0.25, 0.3) is 5.91 Å². The molecule has 156 valence electrons. The third-order valence-electron chi connectivity index (χ3n) is 4.80. The molecule has 2 rings (SSSR count). The summed E-state index contributed by atoms with van der Waals surface area (Å²) in [6.07, 6.45) is -2.40. The zero-order valence-corrected chi connectivity index (χ0v) is 16.0. The van der Waals surface area contributed by atoms with Crippen LogP contribution in [0.4, 0.5) is 17.6 Å². The molecule has 1 aliphatic heterocycles. The van der Waals surface area contributed by atoms with Gasteiger partial charge in [-0.25, -0.2) is 4.39 Å². The maximum Gasteiger partial charge on any atom is 0.417 e. The van der Waals surface area contributed by atoms with Crippen molar-refractivity contribution in [2.75, 3.05) is 19.7 Å². The minimum atomic E-state index is -4.75. The second-order valence-electron chi connectivity index (χ2n) is 7.46. The van der Waals surface area contributed by atoms with Gasteiger partial charge < -0.3 is 9.64 Å². The fraction of sp³-hybridized carbons (Fsp3) is 0.600. The Morgan fingerprint density at radius 2 is 1.86 bits per heavy atom. The summed E-state index contributed by atoms with van der Waals surface area (Å²) >= 11 is 0. The molecule has 28 heavy (non-hydrogen) atoms. The molecule has 8 heteroatoms. The van der Waals surface area contributed by atoms with Crippen LogP contribution in [0.1, 0.15) is 55.5 Å². The number of esters is 1. The summed E-state index contributed by atoms with van der Waals surface area (Å²) in [6, 6.07) is 1.87. The first-order valence-corrected chi connectivity index (χ1v) is 9.42. The van der Waals surface area contributed by atoms with E-state index in [9.17, 15) is 27.2 Å². The molecule has 0 bridgehead atoms. The van der Waals surface area contributed by atoms with E-state index in [1.807, 2.05) is 0 Å². The summed E-state index contributed by atoms with van der Waals surface area (Å²) in [5, 5.41) is 0. The number of rotatable bonds is 6. The van der Waals surface area contributed by atoms with E-state index in [-0.39, 0.29) is 25.0 Å². The predicted molar refractivity (Wildman–Crippen MR) is 95.1 cm³/mol. The number of piperidine rings is 1. The number of halogens is 4. The van der Waals surface area contributed by atoms with E-state index < -0.39 is 29.0 Å². The van der Waals surface area contributed by atoms with Crippen LogP contribution in [0, 0.1) is 17.7 Å². The number of benzene rings is 1. The molecule has 0 aliphatic carbocycles. The molecule has 0 unspecified atom stereocenters. The lowest BCUT2D eigenvalue weighted by molar-refractivity contribution is -0.150. The monoisotopic (exact) mass is 403 g/mol. The van der Waals surface area contributed by atoms with Crippen LogP contribution in [0.3, 0.4) is 0 Å². The Labute approximate surface area is 161 Å². The molecule has 0 atom stereocenters. The molecule has 0 N–H and O–H groups in total. The standard InChI is InChI=1S/C20H25F4NO3/c1-13(2)4-3-11-28-19(27)14-7-9-25(10-8-14)18(26)16-12-15(21)5-6-17(16)20(22,23)24/h5-6,12-14H,3-4,7-11H2,1-2H3. The molecule has 1 aromatic rings. The number of carbonyl (C=O) groups is 2. The second-order valence-corrected chi connectivity index (χ2v) is 7.46. The predicted octanol–water partition coefficient (Wildman–Crippen LogP) is 4.68. The molecule has 0 spiro atoms. The average molecular weight is 403 g/mol. The summed E-state index contributed by atoms with van der Waals surface area (Å²) in [5.41, 5.74) is -1.87. The lowest BCUT2D eigenvalue weighted by atomic mass is 9.95. The Hall–Kier alpha value is -2.12. The molecule has 1 saturated heterocycles. The Kier molecular flexibility index (Phi) is 7.43. The van der Waals surface area contributed by atoms with E-state index in [1.54, 1.807) is 0 Å². The van der Waals surface area contributed by atoms with E-state index in [2.05, 4.69) is 13.8 Å². The van der Waals surface area contributed by atoms with Crippen molar-refractivity contribution < 1.29 is 31.9 Å². The molecule has 1 amide bonds. The third kappa shape index (κ3) is 5.94. The topological polar surface area (TPSA) is 46.6 Å². The molecule has 0 radical (unpaired) electrons. The van der Waals surface area contributed by atoms with Gasteiger partial charge >= 0.3 is 12.1 Å². The van der Waals surface area contributed by atoms with Crippen LogP contribution in [-0.4, -0.2) is 36.5 Å². The van der Waals surface area contributed by atoms with Crippen molar-refractivity contribution in [3.05, 3.63) is 35.1 Å². The number of alkyl halides is 3. The number of nitrogens with zero attached hydrogens (tertiary/aromatic N) is 1. The largest absolute Gasteiger partial charge is 0.465 e. The number of ether oxygens (including phenoxy) is 1. The molecule has 1 aromatic carbocycles. The molecule has 1 heterocycles. The van der Waals surface area contributed by atoms with Crippen LogP contribution < -0.4 is 0 Å². The van der Waals surface area contributed by atoms with E-state index in [0.717, 1.165) is 12.8 Å². The maximum absolute atomic E-state index is 13.4. The number of likely N-dealkylation sites (tertiary alicyclic amines) is 1. The maximum atomic E-state index is 13.4. The van der Waals surface area contributed by atoms with Gasteiger partial charge in [-0.3, -0.25) is 9.59 Å². The van der Waals surface area contributed by atoms with Crippen LogP contribution >= 0.6 is 0 Å². The number of hydrogen-bond acceptors (Lipinski definition) is 3. The summed E-state index contributed by atoms with van der Waals surface area (Å²) in [7, 11) is 0. The molecular formula is C20H25F4NO3. The SMILES string of the molecule is CC(C)CCCOC(=O)C1CCN(C(=O)c2cc(F)ccc2C(F)(F)F)CC1. The summed E-state index contributed by atoms with van der Waals surface area (Å²) in [6.45, 7) is 4.75. The first kappa shape index (κ1) is 22.2.